The molecular weight excluding hydrogens is 158 g/mol. The van der Waals surface area contributed by atoms with Crippen molar-refractivity contribution in [3.63, 3.8) is 0 Å². The summed E-state index contributed by atoms with van der Waals surface area (Å²) in [6.45, 7) is 5.92. The van der Waals surface area contributed by atoms with Crippen LogP contribution in [-0.2, 0) is 8.85 Å². The normalized spacial score (nSPS) is 11.6. The van der Waals surface area contributed by atoms with Crippen LogP contribution < -0.4 is 5.73 Å². The lowest BCUT2D eigenvalue weighted by atomic mass is 10.7. The molecule has 4 heteroatoms. The van der Waals surface area contributed by atoms with Gasteiger partial charge in [0.25, 0.3) is 0 Å². The van der Waals surface area contributed by atoms with Gasteiger partial charge in [-0.1, -0.05) is 6.08 Å². The van der Waals surface area contributed by atoms with E-state index >= 15 is 0 Å². The van der Waals surface area contributed by atoms with Crippen LogP contribution in [0.25, 0.3) is 0 Å². The topological polar surface area (TPSA) is 44.5 Å². The SMILES string of the molecule is CCO[SiH](C=CCN)OCC. The van der Waals surface area contributed by atoms with Crippen LogP contribution in [0.4, 0.5) is 0 Å². The summed E-state index contributed by atoms with van der Waals surface area (Å²) < 4.78 is 10.7. The first-order valence-electron chi connectivity index (χ1n) is 3.95. The number of hydrogen-bond acceptors (Lipinski definition) is 3. The van der Waals surface area contributed by atoms with E-state index in [0.29, 0.717) is 19.8 Å². The smallest absolute Gasteiger partial charge is 0.348 e. The summed E-state index contributed by atoms with van der Waals surface area (Å²) in [6, 6.07) is 0. The molecule has 0 amide bonds. The van der Waals surface area contributed by atoms with E-state index in [1.807, 2.05) is 25.6 Å². The third-order valence-corrected chi connectivity index (χ3v) is 3.00. The molecule has 0 unspecified atom stereocenters. The fourth-order valence-corrected chi connectivity index (χ4v) is 2.03. The predicted octanol–water partition coefficient (Wildman–Crippen LogP) is 0.334. The summed E-state index contributed by atoms with van der Waals surface area (Å²) >= 11 is 0. The van der Waals surface area contributed by atoms with Gasteiger partial charge >= 0.3 is 9.28 Å². The minimum atomic E-state index is -1.51. The Morgan fingerprint density at radius 1 is 1.27 bits per heavy atom. The average Bonchev–Trinajstić information content (AvgIpc) is 2.01. The molecule has 0 rings (SSSR count). The minimum Gasteiger partial charge on any atom is -0.394 e. The maximum absolute atomic E-state index is 5.36. The zero-order chi connectivity index (χ0) is 8.53. The van der Waals surface area contributed by atoms with E-state index in [0.717, 1.165) is 0 Å². The molecule has 2 N–H and O–H groups in total. The summed E-state index contributed by atoms with van der Waals surface area (Å²) in [7, 11) is -1.51. The van der Waals surface area contributed by atoms with Crippen molar-refractivity contribution in [3.05, 3.63) is 11.8 Å². The van der Waals surface area contributed by atoms with Crippen molar-refractivity contribution in [1.82, 2.24) is 0 Å². The van der Waals surface area contributed by atoms with E-state index in [1.54, 1.807) is 0 Å². The van der Waals surface area contributed by atoms with Crippen molar-refractivity contribution in [3.8, 4) is 0 Å². The fraction of sp³-hybridized carbons (Fsp3) is 0.714. The third kappa shape index (κ3) is 6.24. The number of hydrogen-bond donors (Lipinski definition) is 1. The van der Waals surface area contributed by atoms with E-state index in [4.69, 9.17) is 14.6 Å². The van der Waals surface area contributed by atoms with Gasteiger partial charge in [-0.2, -0.15) is 0 Å². The average molecular weight is 175 g/mol. The molecule has 0 saturated carbocycles. The zero-order valence-corrected chi connectivity index (χ0v) is 8.40. The fourth-order valence-electron chi connectivity index (χ4n) is 0.677. The van der Waals surface area contributed by atoms with Crippen LogP contribution >= 0.6 is 0 Å². The standard InChI is InChI=1S/C7H17NO2Si/c1-3-9-11(10-4-2)7-5-6-8/h5,7,11H,3-4,6,8H2,1-2H3. The highest BCUT2D eigenvalue weighted by atomic mass is 28.3. The molecule has 0 radical (unpaired) electrons. The predicted molar refractivity (Wildman–Crippen MR) is 48.6 cm³/mol. The zero-order valence-electron chi connectivity index (χ0n) is 7.25. The van der Waals surface area contributed by atoms with Crippen molar-refractivity contribution in [2.45, 2.75) is 13.8 Å². The van der Waals surface area contributed by atoms with E-state index in [1.165, 1.54) is 0 Å². The van der Waals surface area contributed by atoms with Crippen LogP contribution in [-0.4, -0.2) is 29.0 Å². The lowest BCUT2D eigenvalue weighted by Crippen LogP contribution is -2.20. The van der Waals surface area contributed by atoms with Gasteiger partial charge in [-0.05, 0) is 19.5 Å². The molecule has 0 aliphatic rings. The Morgan fingerprint density at radius 2 is 1.82 bits per heavy atom. The van der Waals surface area contributed by atoms with E-state index in [-0.39, 0.29) is 0 Å². The van der Waals surface area contributed by atoms with E-state index in [2.05, 4.69) is 0 Å². The molecule has 0 saturated heterocycles. The molecule has 0 aliphatic carbocycles. The van der Waals surface area contributed by atoms with Gasteiger partial charge in [0.2, 0.25) is 0 Å². The van der Waals surface area contributed by atoms with E-state index < -0.39 is 9.28 Å². The van der Waals surface area contributed by atoms with Crippen molar-refractivity contribution in [1.29, 1.82) is 0 Å². The highest BCUT2D eigenvalue weighted by molar-refractivity contribution is 6.50. The van der Waals surface area contributed by atoms with Gasteiger partial charge in [0.15, 0.2) is 0 Å². The van der Waals surface area contributed by atoms with Crippen molar-refractivity contribution in [2.75, 3.05) is 19.8 Å². The molecule has 0 aliphatic heterocycles. The van der Waals surface area contributed by atoms with Crippen LogP contribution in [0.1, 0.15) is 13.8 Å². The van der Waals surface area contributed by atoms with Gasteiger partial charge in [0, 0.05) is 19.8 Å². The third-order valence-electron chi connectivity index (χ3n) is 1.09. The highest BCUT2D eigenvalue weighted by Crippen LogP contribution is 1.90. The molecule has 0 aromatic carbocycles. The summed E-state index contributed by atoms with van der Waals surface area (Å²) in [5, 5.41) is 0. The van der Waals surface area contributed by atoms with Gasteiger partial charge in [-0.25, -0.2) is 0 Å². The molecule has 0 atom stereocenters. The Bertz CT molecular complexity index is 103. The van der Waals surface area contributed by atoms with Gasteiger partial charge in [0.1, 0.15) is 0 Å². The molecule has 0 heterocycles. The van der Waals surface area contributed by atoms with Gasteiger partial charge in [-0.3, -0.25) is 0 Å². The van der Waals surface area contributed by atoms with Crippen molar-refractivity contribution in [2.24, 2.45) is 5.73 Å². The first-order chi connectivity index (χ1) is 5.35. The second kappa shape index (κ2) is 7.94. The van der Waals surface area contributed by atoms with Crippen LogP contribution in [0.3, 0.4) is 0 Å². The minimum absolute atomic E-state index is 0.559. The lowest BCUT2D eigenvalue weighted by Gasteiger charge is -2.09. The molecule has 0 spiro atoms. The van der Waals surface area contributed by atoms with Gasteiger partial charge < -0.3 is 14.6 Å². The summed E-state index contributed by atoms with van der Waals surface area (Å²) in [5.74, 6) is 0. The Morgan fingerprint density at radius 3 is 2.18 bits per heavy atom. The first kappa shape index (κ1) is 10.8. The van der Waals surface area contributed by atoms with Crippen LogP contribution in [0.5, 0.6) is 0 Å². The molecule has 66 valence electrons. The first-order valence-corrected chi connectivity index (χ1v) is 5.56. The largest absolute Gasteiger partial charge is 0.394 e. The molecule has 0 bridgehead atoms. The Labute approximate surface area is 70.0 Å². The highest BCUT2D eigenvalue weighted by Gasteiger charge is 2.05. The van der Waals surface area contributed by atoms with Crippen molar-refractivity contribution >= 4 is 9.28 Å². The quantitative estimate of drug-likeness (QED) is 0.592. The van der Waals surface area contributed by atoms with E-state index in [9.17, 15) is 0 Å². The second-order valence-corrected chi connectivity index (χ2v) is 3.73. The molecule has 0 aromatic rings. The maximum atomic E-state index is 5.36. The summed E-state index contributed by atoms with van der Waals surface area (Å²) in [6.07, 6.45) is 1.89. The molecule has 3 nitrogen and oxygen atoms in total. The molecule has 11 heavy (non-hydrogen) atoms. The monoisotopic (exact) mass is 175 g/mol. The Balaban J connectivity index is 3.58. The number of rotatable bonds is 6. The summed E-state index contributed by atoms with van der Waals surface area (Å²) in [4.78, 5) is 0. The molecular formula is C7H17NO2Si. The van der Waals surface area contributed by atoms with Gasteiger partial charge in [-0.15, -0.1) is 0 Å². The Kier molecular flexibility index (Phi) is 7.82. The summed E-state index contributed by atoms with van der Waals surface area (Å²) in [5.41, 5.74) is 7.26. The van der Waals surface area contributed by atoms with Gasteiger partial charge in [0.05, 0.1) is 0 Å². The molecule has 0 fully saturated rings. The molecule has 0 aromatic heterocycles. The number of nitrogens with two attached hydrogens (primary N) is 1. The lowest BCUT2D eigenvalue weighted by molar-refractivity contribution is 0.224. The van der Waals surface area contributed by atoms with Crippen LogP contribution in [0.2, 0.25) is 0 Å². The van der Waals surface area contributed by atoms with Crippen LogP contribution in [0, 0.1) is 0 Å². The maximum Gasteiger partial charge on any atom is 0.348 e. The second-order valence-electron chi connectivity index (χ2n) is 1.94. The van der Waals surface area contributed by atoms with Crippen molar-refractivity contribution < 1.29 is 8.85 Å². The van der Waals surface area contributed by atoms with Crippen LogP contribution in [0.15, 0.2) is 11.8 Å². The Hall–Kier alpha value is -0.163.